The molecule has 2 aromatic heterocycles. The van der Waals surface area contributed by atoms with Crippen molar-refractivity contribution >= 4 is 5.97 Å². The SMILES string of the molecule is O=C(O)C1c2nc[nH]c2CCN1Cc1ccc(-n2ccnc2)cc1. The van der Waals surface area contributed by atoms with E-state index in [2.05, 4.69) is 15.0 Å². The van der Waals surface area contributed by atoms with Crippen molar-refractivity contribution in [2.45, 2.75) is 19.0 Å². The summed E-state index contributed by atoms with van der Waals surface area (Å²) in [5.41, 5.74) is 3.65. The van der Waals surface area contributed by atoms with Gasteiger partial charge in [0.15, 0.2) is 6.04 Å². The van der Waals surface area contributed by atoms with Crippen LogP contribution in [0.3, 0.4) is 0 Å². The third-order valence-electron chi connectivity index (χ3n) is 4.38. The number of aromatic nitrogens is 4. The summed E-state index contributed by atoms with van der Waals surface area (Å²) in [5, 5.41) is 9.62. The summed E-state index contributed by atoms with van der Waals surface area (Å²) in [5.74, 6) is -0.863. The maximum Gasteiger partial charge on any atom is 0.327 e. The van der Waals surface area contributed by atoms with E-state index in [1.807, 2.05) is 39.9 Å². The number of carboxylic acids is 1. The van der Waals surface area contributed by atoms with Gasteiger partial charge in [-0.1, -0.05) is 12.1 Å². The van der Waals surface area contributed by atoms with Gasteiger partial charge in [0.1, 0.15) is 0 Å². The minimum absolute atomic E-state index is 0.577. The fourth-order valence-corrected chi connectivity index (χ4v) is 3.19. The van der Waals surface area contributed by atoms with Crippen molar-refractivity contribution in [1.29, 1.82) is 0 Å². The monoisotopic (exact) mass is 323 g/mol. The number of carbonyl (C=O) groups is 1. The number of fused-ring (bicyclic) bond motifs is 1. The fraction of sp³-hybridized carbons (Fsp3) is 0.235. The van der Waals surface area contributed by atoms with Gasteiger partial charge >= 0.3 is 5.97 Å². The summed E-state index contributed by atoms with van der Waals surface area (Å²) in [7, 11) is 0. The quantitative estimate of drug-likeness (QED) is 0.764. The summed E-state index contributed by atoms with van der Waals surface area (Å²) in [4.78, 5) is 25.0. The van der Waals surface area contributed by atoms with Gasteiger partial charge in [0, 0.05) is 43.3 Å². The molecule has 4 rings (SSSR count). The van der Waals surface area contributed by atoms with E-state index in [1.54, 1.807) is 18.9 Å². The third-order valence-corrected chi connectivity index (χ3v) is 4.38. The second kappa shape index (κ2) is 5.93. The summed E-state index contributed by atoms with van der Waals surface area (Å²) in [6.07, 6.45) is 7.73. The van der Waals surface area contributed by atoms with Gasteiger partial charge in [0.25, 0.3) is 0 Å². The Morgan fingerprint density at radius 3 is 2.88 bits per heavy atom. The van der Waals surface area contributed by atoms with E-state index >= 15 is 0 Å². The minimum Gasteiger partial charge on any atom is -0.480 e. The number of hydrogen-bond donors (Lipinski definition) is 2. The van der Waals surface area contributed by atoms with Crippen molar-refractivity contribution in [3.8, 4) is 5.69 Å². The lowest BCUT2D eigenvalue weighted by atomic mass is 10.0. The van der Waals surface area contributed by atoms with Gasteiger partial charge in [-0.2, -0.15) is 0 Å². The highest BCUT2D eigenvalue weighted by Crippen LogP contribution is 2.29. The van der Waals surface area contributed by atoms with Crippen LogP contribution in [-0.4, -0.2) is 42.0 Å². The van der Waals surface area contributed by atoms with Crippen LogP contribution in [0.1, 0.15) is 23.0 Å². The van der Waals surface area contributed by atoms with Gasteiger partial charge < -0.3 is 14.7 Å². The molecule has 3 heterocycles. The van der Waals surface area contributed by atoms with Crippen LogP contribution in [0, 0.1) is 0 Å². The topological polar surface area (TPSA) is 87.0 Å². The number of carboxylic acid groups (broad SMARTS) is 1. The number of nitrogens with zero attached hydrogens (tertiary/aromatic N) is 4. The van der Waals surface area contributed by atoms with Gasteiger partial charge in [0.2, 0.25) is 0 Å². The molecule has 0 saturated carbocycles. The summed E-state index contributed by atoms with van der Waals surface area (Å²) in [6, 6.07) is 7.36. The first-order valence-electron chi connectivity index (χ1n) is 7.78. The lowest BCUT2D eigenvalue weighted by Gasteiger charge is -2.32. The first kappa shape index (κ1) is 14.6. The Labute approximate surface area is 138 Å². The summed E-state index contributed by atoms with van der Waals surface area (Å²) >= 11 is 0. The molecule has 1 unspecified atom stereocenters. The van der Waals surface area contributed by atoms with Crippen LogP contribution in [0.15, 0.2) is 49.3 Å². The van der Waals surface area contributed by atoms with E-state index in [9.17, 15) is 9.90 Å². The first-order chi connectivity index (χ1) is 11.7. The highest BCUT2D eigenvalue weighted by molar-refractivity contribution is 5.75. The van der Waals surface area contributed by atoms with Crippen LogP contribution in [0.25, 0.3) is 5.69 Å². The molecule has 1 atom stereocenters. The zero-order valence-electron chi connectivity index (χ0n) is 13.0. The number of aliphatic carboxylic acids is 1. The van der Waals surface area contributed by atoms with Gasteiger partial charge in [-0.05, 0) is 17.7 Å². The second-order valence-electron chi connectivity index (χ2n) is 5.86. The van der Waals surface area contributed by atoms with Gasteiger partial charge in [0.05, 0.1) is 18.3 Å². The van der Waals surface area contributed by atoms with Gasteiger partial charge in [-0.15, -0.1) is 0 Å². The molecule has 1 aromatic carbocycles. The zero-order valence-corrected chi connectivity index (χ0v) is 13.0. The second-order valence-corrected chi connectivity index (χ2v) is 5.86. The van der Waals surface area contributed by atoms with Crippen LogP contribution in [-0.2, 0) is 17.8 Å². The first-order valence-corrected chi connectivity index (χ1v) is 7.78. The number of H-pyrrole nitrogens is 1. The van der Waals surface area contributed by atoms with Gasteiger partial charge in [-0.3, -0.25) is 9.69 Å². The van der Waals surface area contributed by atoms with Crippen molar-refractivity contribution in [3.63, 3.8) is 0 Å². The Kier molecular flexibility index (Phi) is 3.62. The molecule has 3 aromatic rings. The normalized spacial score (nSPS) is 17.6. The Morgan fingerprint density at radius 2 is 2.17 bits per heavy atom. The average molecular weight is 323 g/mol. The van der Waals surface area contributed by atoms with Crippen molar-refractivity contribution in [2.75, 3.05) is 6.54 Å². The molecule has 7 nitrogen and oxygen atoms in total. The molecule has 1 aliphatic heterocycles. The summed E-state index contributed by atoms with van der Waals surface area (Å²) in [6.45, 7) is 1.27. The van der Waals surface area contributed by atoms with Crippen LogP contribution >= 0.6 is 0 Å². The van der Waals surface area contributed by atoms with E-state index in [0.29, 0.717) is 18.8 Å². The fourth-order valence-electron chi connectivity index (χ4n) is 3.19. The Balaban J connectivity index is 1.55. The largest absolute Gasteiger partial charge is 0.480 e. The van der Waals surface area contributed by atoms with Crippen LogP contribution in [0.5, 0.6) is 0 Å². The van der Waals surface area contributed by atoms with Crippen LogP contribution < -0.4 is 0 Å². The number of imidazole rings is 2. The van der Waals surface area contributed by atoms with Crippen molar-refractivity contribution < 1.29 is 9.90 Å². The molecule has 0 spiro atoms. The standard InChI is InChI=1S/C17H17N5O2/c23-17(24)16-15-14(19-10-20-15)5-7-21(16)9-12-1-3-13(4-2-12)22-8-6-18-11-22/h1-4,6,8,10-11,16H,5,7,9H2,(H,19,20)(H,23,24). The highest BCUT2D eigenvalue weighted by atomic mass is 16.4. The van der Waals surface area contributed by atoms with E-state index in [0.717, 1.165) is 23.4 Å². The highest BCUT2D eigenvalue weighted by Gasteiger charge is 2.34. The Morgan fingerprint density at radius 1 is 1.33 bits per heavy atom. The number of nitrogens with one attached hydrogen (secondary N) is 1. The molecule has 0 saturated heterocycles. The smallest absolute Gasteiger partial charge is 0.327 e. The predicted octanol–water partition coefficient (Wildman–Crippen LogP) is 1.78. The van der Waals surface area contributed by atoms with E-state index in [1.165, 1.54) is 0 Å². The predicted molar refractivity (Wildman–Crippen MR) is 86.6 cm³/mol. The van der Waals surface area contributed by atoms with Crippen LogP contribution in [0.4, 0.5) is 0 Å². The Hall–Kier alpha value is -2.93. The average Bonchev–Trinajstić information content (AvgIpc) is 3.26. The van der Waals surface area contributed by atoms with Crippen molar-refractivity contribution in [3.05, 3.63) is 66.3 Å². The number of rotatable bonds is 4. The number of hydrogen-bond acceptors (Lipinski definition) is 4. The summed E-state index contributed by atoms with van der Waals surface area (Å²) < 4.78 is 1.93. The lowest BCUT2D eigenvalue weighted by Crippen LogP contribution is -2.39. The number of aromatic amines is 1. The molecule has 0 aliphatic carbocycles. The molecule has 2 N–H and O–H groups in total. The van der Waals surface area contributed by atoms with Crippen molar-refractivity contribution in [2.24, 2.45) is 0 Å². The third kappa shape index (κ3) is 2.59. The molecular formula is C17H17N5O2. The van der Waals surface area contributed by atoms with E-state index in [4.69, 9.17) is 0 Å². The zero-order chi connectivity index (χ0) is 16.5. The molecular weight excluding hydrogens is 306 g/mol. The molecule has 7 heteroatoms. The molecule has 0 amide bonds. The minimum atomic E-state index is -0.863. The van der Waals surface area contributed by atoms with Crippen molar-refractivity contribution in [1.82, 2.24) is 24.4 Å². The molecule has 0 radical (unpaired) electrons. The Bertz CT molecular complexity index is 838. The van der Waals surface area contributed by atoms with E-state index < -0.39 is 12.0 Å². The molecule has 122 valence electrons. The van der Waals surface area contributed by atoms with Crippen LogP contribution in [0.2, 0.25) is 0 Å². The maximum atomic E-state index is 11.7. The van der Waals surface area contributed by atoms with Gasteiger partial charge in [-0.25, -0.2) is 9.97 Å². The molecule has 24 heavy (non-hydrogen) atoms. The maximum absolute atomic E-state index is 11.7. The number of benzene rings is 1. The molecule has 1 aliphatic rings. The van der Waals surface area contributed by atoms with E-state index in [-0.39, 0.29) is 0 Å². The molecule has 0 bridgehead atoms. The lowest BCUT2D eigenvalue weighted by molar-refractivity contribution is -0.144. The molecule has 0 fully saturated rings.